The molecule has 0 spiro atoms. The molecule has 2 saturated carbocycles. The lowest BCUT2D eigenvalue weighted by Crippen LogP contribution is -2.25. The third-order valence-electron chi connectivity index (χ3n) is 6.19. The zero-order chi connectivity index (χ0) is 16.1. The summed E-state index contributed by atoms with van der Waals surface area (Å²) in [6, 6.07) is 8.64. The minimum atomic E-state index is 0.492. The second-order valence-electron chi connectivity index (χ2n) is 7.38. The lowest BCUT2D eigenvalue weighted by molar-refractivity contribution is 0.171. The molecule has 0 radical (unpaired) electrons. The van der Waals surface area contributed by atoms with Crippen LogP contribution in [0.1, 0.15) is 62.8 Å². The van der Waals surface area contributed by atoms with Crippen LogP contribution in [0.25, 0.3) is 0 Å². The molecule has 1 aromatic carbocycles. The fourth-order valence-corrected chi connectivity index (χ4v) is 4.71. The van der Waals surface area contributed by atoms with Gasteiger partial charge in [0.1, 0.15) is 5.75 Å². The second kappa shape index (κ2) is 7.99. The molecule has 0 amide bonds. The van der Waals surface area contributed by atoms with Gasteiger partial charge in [0, 0.05) is 0 Å². The van der Waals surface area contributed by atoms with Crippen LogP contribution in [-0.2, 0) is 0 Å². The number of ether oxygens (including phenoxy) is 1. The first-order chi connectivity index (χ1) is 11.3. The van der Waals surface area contributed by atoms with E-state index < -0.39 is 0 Å². The molecule has 23 heavy (non-hydrogen) atoms. The van der Waals surface area contributed by atoms with E-state index in [1.807, 2.05) is 0 Å². The van der Waals surface area contributed by atoms with Crippen molar-refractivity contribution in [2.75, 3.05) is 7.11 Å². The summed E-state index contributed by atoms with van der Waals surface area (Å²) >= 11 is 0. The zero-order valence-electron chi connectivity index (χ0n) is 14.2. The van der Waals surface area contributed by atoms with Gasteiger partial charge in [-0.2, -0.15) is 0 Å². The Labute approximate surface area is 139 Å². The van der Waals surface area contributed by atoms with Gasteiger partial charge in [-0.1, -0.05) is 18.2 Å². The van der Waals surface area contributed by atoms with Crippen molar-refractivity contribution in [2.24, 2.45) is 17.8 Å². The van der Waals surface area contributed by atoms with Crippen molar-refractivity contribution in [1.82, 2.24) is 0 Å². The van der Waals surface area contributed by atoms with Crippen LogP contribution in [0.5, 0.6) is 5.75 Å². The van der Waals surface area contributed by atoms with Crippen molar-refractivity contribution < 1.29 is 9.13 Å². The predicted molar refractivity (Wildman–Crippen MR) is 93.4 cm³/mol. The number of methoxy groups -OCH3 is 1. The molecule has 0 bridgehead atoms. The van der Waals surface area contributed by atoms with Crippen molar-refractivity contribution in [3.63, 3.8) is 0 Å². The molecular formula is C21H29FO. The number of hydrogen-bond donors (Lipinski definition) is 0. The molecule has 0 heterocycles. The van der Waals surface area contributed by atoms with E-state index in [1.54, 1.807) is 13.2 Å². The molecule has 2 heteroatoms. The molecule has 2 aliphatic rings. The van der Waals surface area contributed by atoms with Crippen LogP contribution < -0.4 is 4.74 Å². The summed E-state index contributed by atoms with van der Waals surface area (Å²) in [6.45, 7) is 0. The molecule has 0 atom stereocenters. The Morgan fingerprint density at radius 2 is 1.43 bits per heavy atom. The average molecular weight is 316 g/mol. The van der Waals surface area contributed by atoms with E-state index in [1.165, 1.54) is 56.9 Å². The lowest BCUT2D eigenvalue weighted by atomic mass is 9.68. The van der Waals surface area contributed by atoms with Gasteiger partial charge in [-0.05, 0) is 92.7 Å². The quantitative estimate of drug-likeness (QED) is 0.637. The van der Waals surface area contributed by atoms with Gasteiger partial charge in [-0.3, -0.25) is 0 Å². The van der Waals surface area contributed by atoms with Crippen LogP contribution >= 0.6 is 0 Å². The Balaban J connectivity index is 1.48. The maximum atomic E-state index is 12.3. The first kappa shape index (κ1) is 16.5. The largest absolute Gasteiger partial charge is 0.497 e. The normalized spacial score (nSPS) is 32.1. The van der Waals surface area contributed by atoms with E-state index in [9.17, 15) is 4.39 Å². The molecule has 0 aromatic heterocycles. The van der Waals surface area contributed by atoms with E-state index >= 15 is 0 Å². The van der Waals surface area contributed by atoms with E-state index in [4.69, 9.17) is 4.74 Å². The molecule has 0 saturated heterocycles. The Bertz CT molecular complexity index is 491. The summed E-state index contributed by atoms with van der Waals surface area (Å²) in [5.74, 6) is 3.95. The van der Waals surface area contributed by atoms with Gasteiger partial charge in [-0.25, -0.2) is 4.39 Å². The van der Waals surface area contributed by atoms with Gasteiger partial charge in [0.2, 0.25) is 0 Å². The van der Waals surface area contributed by atoms with Gasteiger partial charge in [0.05, 0.1) is 13.4 Å². The molecule has 1 aromatic rings. The van der Waals surface area contributed by atoms with Crippen LogP contribution in [-0.4, -0.2) is 7.11 Å². The van der Waals surface area contributed by atoms with Crippen molar-refractivity contribution in [1.29, 1.82) is 0 Å². The average Bonchev–Trinajstić information content (AvgIpc) is 2.63. The number of allylic oxidation sites excluding steroid dienone is 1. The van der Waals surface area contributed by atoms with E-state index in [0.29, 0.717) is 5.92 Å². The monoisotopic (exact) mass is 316 g/mol. The number of halogens is 1. The van der Waals surface area contributed by atoms with Crippen molar-refractivity contribution >= 4 is 0 Å². The van der Waals surface area contributed by atoms with Crippen molar-refractivity contribution in [3.05, 3.63) is 42.2 Å². The molecule has 2 aliphatic carbocycles. The van der Waals surface area contributed by atoms with Gasteiger partial charge < -0.3 is 4.74 Å². The Kier molecular flexibility index (Phi) is 5.75. The molecular weight excluding hydrogens is 287 g/mol. The number of benzene rings is 1. The Hall–Kier alpha value is -1.31. The topological polar surface area (TPSA) is 9.23 Å². The van der Waals surface area contributed by atoms with Gasteiger partial charge in [0.25, 0.3) is 0 Å². The molecule has 0 aliphatic heterocycles. The highest BCUT2D eigenvalue weighted by atomic mass is 19.1. The highest BCUT2D eigenvalue weighted by molar-refractivity contribution is 5.29. The fourth-order valence-electron chi connectivity index (χ4n) is 4.71. The van der Waals surface area contributed by atoms with Crippen LogP contribution in [0, 0.1) is 17.8 Å². The predicted octanol–water partition coefficient (Wildman–Crippen LogP) is 6.26. The molecule has 0 N–H and O–H groups in total. The third-order valence-corrected chi connectivity index (χ3v) is 6.19. The molecule has 2 fully saturated rings. The van der Waals surface area contributed by atoms with Crippen molar-refractivity contribution in [2.45, 2.75) is 57.3 Å². The number of hydrogen-bond acceptors (Lipinski definition) is 1. The summed E-state index contributed by atoms with van der Waals surface area (Å²) in [5.41, 5.74) is 1.47. The van der Waals surface area contributed by atoms with Crippen LogP contribution in [0.15, 0.2) is 36.7 Å². The van der Waals surface area contributed by atoms with Crippen molar-refractivity contribution in [3.8, 4) is 5.75 Å². The van der Waals surface area contributed by atoms with E-state index in [-0.39, 0.29) is 0 Å². The highest BCUT2D eigenvalue weighted by Crippen LogP contribution is 2.44. The van der Waals surface area contributed by atoms with Crippen LogP contribution in [0.2, 0.25) is 0 Å². The van der Waals surface area contributed by atoms with Gasteiger partial charge in [-0.15, -0.1) is 0 Å². The summed E-state index contributed by atoms with van der Waals surface area (Å²) in [6.07, 6.45) is 12.8. The standard InChI is InChI=1S/C21H29FO/c1-23-21-12-10-20(11-13-21)19-8-6-18(7-9-19)17-4-2-16(3-5-17)14-15-22/h10-19H,2-9H2,1H3/b15-14+. The molecule has 1 nitrogen and oxygen atoms in total. The maximum absolute atomic E-state index is 12.3. The SMILES string of the molecule is COc1ccc(C2CCC(C3CCC(/C=C/F)CC3)CC2)cc1. The minimum Gasteiger partial charge on any atom is -0.497 e. The minimum absolute atomic E-state index is 0.492. The molecule has 0 unspecified atom stereocenters. The lowest BCUT2D eigenvalue weighted by Gasteiger charge is -2.37. The van der Waals surface area contributed by atoms with E-state index in [2.05, 4.69) is 24.3 Å². The Morgan fingerprint density at radius 3 is 1.96 bits per heavy atom. The molecule has 3 rings (SSSR count). The molecule has 126 valence electrons. The first-order valence-corrected chi connectivity index (χ1v) is 9.21. The fraction of sp³-hybridized carbons (Fsp3) is 0.619. The summed E-state index contributed by atoms with van der Waals surface area (Å²) in [4.78, 5) is 0. The highest BCUT2D eigenvalue weighted by Gasteiger charge is 2.30. The summed E-state index contributed by atoms with van der Waals surface area (Å²) in [7, 11) is 1.72. The summed E-state index contributed by atoms with van der Waals surface area (Å²) in [5, 5.41) is 0. The van der Waals surface area contributed by atoms with Crippen LogP contribution in [0.3, 0.4) is 0 Å². The summed E-state index contributed by atoms with van der Waals surface area (Å²) < 4.78 is 17.5. The van der Waals surface area contributed by atoms with Crippen LogP contribution in [0.4, 0.5) is 4.39 Å². The zero-order valence-corrected chi connectivity index (χ0v) is 14.2. The third kappa shape index (κ3) is 4.16. The smallest absolute Gasteiger partial charge is 0.118 e. The van der Waals surface area contributed by atoms with Gasteiger partial charge in [0.15, 0.2) is 0 Å². The Morgan fingerprint density at radius 1 is 0.870 bits per heavy atom. The number of rotatable bonds is 4. The maximum Gasteiger partial charge on any atom is 0.118 e. The van der Waals surface area contributed by atoms with E-state index in [0.717, 1.165) is 29.8 Å². The second-order valence-corrected chi connectivity index (χ2v) is 7.38. The van der Waals surface area contributed by atoms with Gasteiger partial charge >= 0.3 is 0 Å². The first-order valence-electron chi connectivity index (χ1n) is 9.21.